The molecule has 2 heterocycles. The van der Waals surface area contributed by atoms with E-state index in [1.807, 2.05) is 6.20 Å². The fraction of sp³-hybridized carbons (Fsp3) is 0.474. The number of aromatic amines is 1. The Balaban J connectivity index is 2.32. The van der Waals surface area contributed by atoms with Crippen LogP contribution >= 0.6 is 0 Å². The van der Waals surface area contributed by atoms with Gasteiger partial charge in [-0.15, -0.1) is 0 Å². The summed E-state index contributed by atoms with van der Waals surface area (Å²) >= 11 is 0. The molecule has 114 valence electrons. The van der Waals surface area contributed by atoms with Gasteiger partial charge in [0, 0.05) is 18.3 Å². The van der Waals surface area contributed by atoms with Crippen molar-refractivity contribution in [3.63, 3.8) is 0 Å². The summed E-state index contributed by atoms with van der Waals surface area (Å²) in [6.45, 7) is 6.55. The minimum Gasteiger partial charge on any atom is -0.367 e. The van der Waals surface area contributed by atoms with Crippen molar-refractivity contribution in [3.8, 4) is 0 Å². The first-order valence-electron chi connectivity index (χ1n) is 8.19. The summed E-state index contributed by atoms with van der Waals surface area (Å²) in [7, 11) is 0. The first-order valence-corrected chi connectivity index (χ1v) is 8.19. The van der Waals surface area contributed by atoms with Crippen LogP contribution in [0, 0.1) is 5.92 Å². The summed E-state index contributed by atoms with van der Waals surface area (Å²) in [6, 6.07) is 2.23. The molecule has 1 aliphatic heterocycles. The normalized spacial score (nSPS) is 19.6. The van der Waals surface area contributed by atoms with Gasteiger partial charge in [-0.25, -0.2) is 0 Å². The van der Waals surface area contributed by atoms with E-state index in [1.165, 1.54) is 24.0 Å². The van der Waals surface area contributed by atoms with Crippen LogP contribution in [0.1, 0.15) is 44.6 Å². The van der Waals surface area contributed by atoms with Gasteiger partial charge in [0.15, 0.2) is 0 Å². The van der Waals surface area contributed by atoms with Crippen LogP contribution < -0.4 is 5.32 Å². The smallest absolute Gasteiger partial charge is 0.0133 e. The van der Waals surface area contributed by atoms with Crippen molar-refractivity contribution in [3.05, 3.63) is 60.0 Å². The van der Waals surface area contributed by atoms with E-state index in [2.05, 4.69) is 66.8 Å². The van der Waals surface area contributed by atoms with E-state index in [9.17, 15) is 0 Å². The number of piperidine rings is 1. The molecule has 1 aromatic rings. The second-order valence-corrected chi connectivity index (χ2v) is 5.71. The maximum Gasteiger partial charge on any atom is 0.0133 e. The van der Waals surface area contributed by atoms with Crippen LogP contribution in [0.2, 0.25) is 0 Å². The molecular weight excluding hydrogens is 256 g/mol. The van der Waals surface area contributed by atoms with Crippen molar-refractivity contribution in [2.24, 2.45) is 5.92 Å². The van der Waals surface area contributed by atoms with Crippen molar-refractivity contribution in [1.29, 1.82) is 0 Å². The third-order valence-corrected chi connectivity index (χ3v) is 4.22. The van der Waals surface area contributed by atoms with Crippen LogP contribution in [0.4, 0.5) is 0 Å². The number of aromatic nitrogens is 1. The van der Waals surface area contributed by atoms with E-state index >= 15 is 0 Å². The second kappa shape index (κ2) is 8.68. The summed E-state index contributed by atoms with van der Waals surface area (Å²) in [5.74, 6) is 1.22. The van der Waals surface area contributed by atoms with Gasteiger partial charge in [-0.05, 0) is 62.4 Å². The lowest BCUT2D eigenvalue weighted by atomic mass is 9.76. The molecule has 1 aliphatic rings. The standard InChI is InChI=1S/C19H28N2/c1-3-5-7-16(8-6-4-2)19(18-11-14-21-15-18)17-9-12-20-13-10-17/h3,5-8,11,14-15,17,19-21H,4,9-10,12-13H2,1-2H3/b5-3-,8-6-,16-7+. The van der Waals surface area contributed by atoms with Crippen molar-refractivity contribution >= 4 is 0 Å². The van der Waals surface area contributed by atoms with Crippen LogP contribution in [0.15, 0.2) is 54.4 Å². The highest BCUT2D eigenvalue weighted by Gasteiger charge is 2.27. The molecule has 2 nitrogen and oxygen atoms in total. The molecule has 21 heavy (non-hydrogen) atoms. The molecule has 1 atom stereocenters. The number of hydrogen-bond donors (Lipinski definition) is 2. The second-order valence-electron chi connectivity index (χ2n) is 5.71. The average Bonchev–Trinajstić information content (AvgIpc) is 3.05. The van der Waals surface area contributed by atoms with E-state index < -0.39 is 0 Å². The van der Waals surface area contributed by atoms with Crippen molar-refractivity contribution in [1.82, 2.24) is 10.3 Å². The van der Waals surface area contributed by atoms with Gasteiger partial charge < -0.3 is 10.3 Å². The van der Waals surface area contributed by atoms with E-state index in [1.54, 1.807) is 0 Å². The minimum atomic E-state index is 0.498. The lowest BCUT2D eigenvalue weighted by molar-refractivity contribution is 0.342. The Morgan fingerprint density at radius 3 is 2.81 bits per heavy atom. The lowest BCUT2D eigenvalue weighted by Gasteiger charge is -2.31. The van der Waals surface area contributed by atoms with Crippen LogP contribution in [0.5, 0.6) is 0 Å². The van der Waals surface area contributed by atoms with Gasteiger partial charge in [-0.2, -0.15) is 0 Å². The zero-order valence-electron chi connectivity index (χ0n) is 13.3. The molecule has 0 bridgehead atoms. The zero-order chi connectivity index (χ0) is 14.9. The highest BCUT2D eigenvalue weighted by molar-refractivity contribution is 5.37. The van der Waals surface area contributed by atoms with E-state index in [0.717, 1.165) is 25.4 Å². The fourth-order valence-corrected chi connectivity index (χ4v) is 3.17. The van der Waals surface area contributed by atoms with Gasteiger partial charge in [0.1, 0.15) is 0 Å². The number of H-pyrrole nitrogens is 1. The van der Waals surface area contributed by atoms with E-state index in [-0.39, 0.29) is 0 Å². The zero-order valence-corrected chi connectivity index (χ0v) is 13.3. The third kappa shape index (κ3) is 4.47. The summed E-state index contributed by atoms with van der Waals surface area (Å²) in [4.78, 5) is 3.23. The summed E-state index contributed by atoms with van der Waals surface area (Å²) in [5, 5.41) is 3.48. The molecule has 2 heteroatoms. The van der Waals surface area contributed by atoms with Crippen LogP contribution in [-0.4, -0.2) is 18.1 Å². The van der Waals surface area contributed by atoms with E-state index in [4.69, 9.17) is 0 Å². The summed E-state index contributed by atoms with van der Waals surface area (Å²) in [6.07, 6.45) is 18.9. The molecule has 0 saturated carbocycles. The first kappa shape index (κ1) is 15.8. The third-order valence-electron chi connectivity index (χ3n) is 4.22. The Bertz CT molecular complexity index is 474. The van der Waals surface area contributed by atoms with Crippen molar-refractivity contribution in [2.75, 3.05) is 13.1 Å². The lowest BCUT2D eigenvalue weighted by Crippen LogP contribution is -2.31. The predicted molar refractivity (Wildman–Crippen MR) is 91.5 cm³/mol. The fourth-order valence-electron chi connectivity index (χ4n) is 3.17. The van der Waals surface area contributed by atoms with Gasteiger partial charge in [0.25, 0.3) is 0 Å². The number of nitrogens with one attached hydrogen (secondary N) is 2. The Morgan fingerprint density at radius 1 is 1.38 bits per heavy atom. The van der Waals surface area contributed by atoms with Gasteiger partial charge >= 0.3 is 0 Å². The molecule has 0 aliphatic carbocycles. The largest absolute Gasteiger partial charge is 0.367 e. The minimum absolute atomic E-state index is 0.498. The van der Waals surface area contributed by atoms with Gasteiger partial charge in [0.2, 0.25) is 0 Å². The summed E-state index contributed by atoms with van der Waals surface area (Å²) < 4.78 is 0. The van der Waals surface area contributed by atoms with E-state index in [0.29, 0.717) is 5.92 Å². The topological polar surface area (TPSA) is 27.8 Å². The maximum absolute atomic E-state index is 3.48. The molecule has 2 rings (SSSR count). The van der Waals surface area contributed by atoms with Gasteiger partial charge in [-0.1, -0.05) is 37.3 Å². The van der Waals surface area contributed by atoms with Gasteiger partial charge in [-0.3, -0.25) is 0 Å². The Hall–Kier alpha value is -1.54. The molecule has 1 unspecified atom stereocenters. The molecule has 2 N–H and O–H groups in total. The molecule has 1 saturated heterocycles. The maximum atomic E-state index is 3.48. The molecular formula is C19H28N2. The van der Waals surface area contributed by atoms with Gasteiger partial charge in [0.05, 0.1) is 0 Å². The molecule has 0 aromatic carbocycles. The van der Waals surface area contributed by atoms with Crippen molar-refractivity contribution in [2.45, 2.75) is 39.0 Å². The Labute approximate surface area is 129 Å². The SMILES string of the molecule is C\C=C/C=C(\C=C/CC)C(c1cc[nH]c1)C1CCNCC1. The average molecular weight is 284 g/mol. The first-order chi connectivity index (χ1) is 10.4. The van der Waals surface area contributed by atoms with Crippen molar-refractivity contribution < 1.29 is 0 Å². The summed E-state index contributed by atoms with van der Waals surface area (Å²) in [5.41, 5.74) is 2.85. The predicted octanol–water partition coefficient (Wildman–Crippen LogP) is 4.57. The number of rotatable bonds is 6. The highest BCUT2D eigenvalue weighted by Crippen LogP contribution is 2.37. The molecule has 0 amide bonds. The monoisotopic (exact) mass is 284 g/mol. The Morgan fingerprint density at radius 2 is 2.19 bits per heavy atom. The van der Waals surface area contributed by atoms with Crippen LogP contribution in [-0.2, 0) is 0 Å². The van der Waals surface area contributed by atoms with Crippen LogP contribution in [0.25, 0.3) is 0 Å². The number of allylic oxidation sites excluding steroid dienone is 6. The highest BCUT2D eigenvalue weighted by atomic mass is 14.9. The molecule has 0 radical (unpaired) electrons. The quantitative estimate of drug-likeness (QED) is 0.736. The number of hydrogen-bond acceptors (Lipinski definition) is 1. The molecule has 1 fully saturated rings. The molecule has 1 aromatic heterocycles. The Kier molecular flexibility index (Phi) is 6.55. The van der Waals surface area contributed by atoms with Crippen LogP contribution in [0.3, 0.4) is 0 Å². The molecule has 0 spiro atoms.